The highest BCUT2D eigenvalue weighted by Gasteiger charge is 2.26. The molecule has 2 aromatic carbocycles. The summed E-state index contributed by atoms with van der Waals surface area (Å²) in [6.45, 7) is 1.98. The monoisotopic (exact) mass is 360 g/mol. The van der Waals surface area contributed by atoms with Gasteiger partial charge in [0.15, 0.2) is 0 Å². The van der Waals surface area contributed by atoms with E-state index in [4.69, 9.17) is 4.74 Å². The highest BCUT2D eigenvalue weighted by molar-refractivity contribution is 7.90. The van der Waals surface area contributed by atoms with Crippen LogP contribution in [0.2, 0.25) is 0 Å². The van der Waals surface area contributed by atoms with Crippen molar-refractivity contribution >= 4 is 10.0 Å². The van der Waals surface area contributed by atoms with Crippen LogP contribution in [0.25, 0.3) is 11.1 Å². The molecule has 2 aromatic rings. The van der Waals surface area contributed by atoms with Gasteiger partial charge in [-0.1, -0.05) is 48.5 Å². The number of rotatable bonds is 7. The predicted octanol–water partition coefficient (Wildman–Crippen LogP) is 2.40. The summed E-state index contributed by atoms with van der Waals surface area (Å²) in [6.07, 6.45) is 1.60. The van der Waals surface area contributed by atoms with Crippen LogP contribution in [-0.4, -0.2) is 39.9 Å². The first-order valence-corrected chi connectivity index (χ1v) is 10.2. The Balaban J connectivity index is 1.56. The van der Waals surface area contributed by atoms with Gasteiger partial charge in [-0.2, -0.15) is 0 Å². The van der Waals surface area contributed by atoms with Crippen LogP contribution in [0.15, 0.2) is 54.6 Å². The molecule has 0 spiro atoms. The van der Waals surface area contributed by atoms with E-state index in [1.54, 1.807) is 0 Å². The Kier molecular flexibility index (Phi) is 6.07. The van der Waals surface area contributed by atoms with Crippen molar-refractivity contribution in [3.63, 3.8) is 0 Å². The maximum Gasteiger partial charge on any atom is 0.215 e. The van der Waals surface area contributed by atoms with Gasteiger partial charge < -0.3 is 10.1 Å². The molecule has 2 N–H and O–H groups in total. The number of piperidine rings is 1. The van der Waals surface area contributed by atoms with Crippen molar-refractivity contribution in [3.05, 3.63) is 54.6 Å². The zero-order valence-electron chi connectivity index (χ0n) is 14.1. The van der Waals surface area contributed by atoms with E-state index in [1.165, 1.54) is 0 Å². The van der Waals surface area contributed by atoms with Crippen molar-refractivity contribution in [1.82, 2.24) is 10.0 Å². The molecule has 0 aromatic heterocycles. The third kappa shape index (κ3) is 4.81. The highest BCUT2D eigenvalue weighted by Crippen LogP contribution is 2.29. The maximum absolute atomic E-state index is 12.3. The number of hydrogen-bond acceptors (Lipinski definition) is 4. The number of ether oxygens (including phenoxy) is 1. The van der Waals surface area contributed by atoms with Crippen molar-refractivity contribution in [2.75, 3.05) is 26.2 Å². The van der Waals surface area contributed by atoms with E-state index in [-0.39, 0.29) is 11.8 Å². The quantitative estimate of drug-likeness (QED) is 0.744. The lowest BCUT2D eigenvalue weighted by Gasteiger charge is -2.23. The third-order valence-corrected chi connectivity index (χ3v) is 6.21. The van der Waals surface area contributed by atoms with Crippen LogP contribution in [0.4, 0.5) is 0 Å². The first-order valence-electron chi connectivity index (χ1n) is 8.63. The van der Waals surface area contributed by atoms with Crippen LogP contribution in [0.5, 0.6) is 5.75 Å². The lowest BCUT2D eigenvalue weighted by atomic mass is 10.1. The van der Waals surface area contributed by atoms with Gasteiger partial charge in [0.25, 0.3) is 0 Å². The standard InChI is InChI=1S/C19H24N2O3S/c22-25(23,17-9-6-12-20-15-17)21-13-14-24-19-11-5-4-10-18(19)16-7-2-1-3-8-16/h1-5,7-8,10-11,17,20-21H,6,9,12-15H2. The number of sulfonamides is 1. The Bertz CT molecular complexity index is 772. The molecule has 1 fully saturated rings. The van der Waals surface area contributed by atoms with Gasteiger partial charge >= 0.3 is 0 Å². The summed E-state index contributed by atoms with van der Waals surface area (Å²) in [7, 11) is -3.29. The Labute approximate surface area is 149 Å². The molecule has 3 rings (SSSR count). The van der Waals surface area contributed by atoms with Gasteiger partial charge in [0.2, 0.25) is 10.0 Å². The van der Waals surface area contributed by atoms with Gasteiger partial charge in [0.1, 0.15) is 12.4 Å². The van der Waals surface area contributed by atoms with Gasteiger partial charge in [-0.3, -0.25) is 0 Å². The van der Waals surface area contributed by atoms with E-state index >= 15 is 0 Å². The number of hydrogen-bond donors (Lipinski definition) is 2. The second-order valence-electron chi connectivity index (χ2n) is 6.12. The fraction of sp³-hybridized carbons (Fsp3) is 0.368. The number of nitrogens with one attached hydrogen (secondary N) is 2. The van der Waals surface area contributed by atoms with Crippen molar-refractivity contribution in [1.29, 1.82) is 0 Å². The normalized spacial score (nSPS) is 18.0. The lowest BCUT2D eigenvalue weighted by Crippen LogP contribution is -2.45. The summed E-state index contributed by atoms with van der Waals surface area (Å²) < 4.78 is 33.1. The fourth-order valence-electron chi connectivity index (χ4n) is 3.00. The van der Waals surface area contributed by atoms with Crippen molar-refractivity contribution < 1.29 is 13.2 Å². The van der Waals surface area contributed by atoms with Gasteiger partial charge in [-0.15, -0.1) is 0 Å². The minimum absolute atomic E-state index is 0.266. The van der Waals surface area contributed by atoms with E-state index < -0.39 is 10.0 Å². The topological polar surface area (TPSA) is 67.4 Å². The molecule has 134 valence electrons. The summed E-state index contributed by atoms with van der Waals surface area (Å²) in [5, 5.41) is 2.78. The Morgan fingerprint density at radius 2 is 1.84 bits per heavy atom. The minimum Gasteiger partial charge on any atom is -0.492 e. The fourth-order valence-corrected chi connectivity index (χ4v) is 4.41. The maximum atomic E-state index is 12.3. The molecule has 25 heavy (non-hydrogen) atoms. The summed E-state index contributed by atoms with van der Waals surface area (Å²) in [5.74, 6) is 0.757. The van der Waals surface area contributed by atoms with E-state index in [2.05, 4.69) is 10.0 Å². The Hall–Kier alpha value is -1.89. The molecule has 1 aliphatic rings. The van der Waals surface area contributed by atoms with Gasteiger partial charge in [0.05, 0.1) is 5.25 Å². The summed E-state index contributed by atoms with van der Waals surface area (Å²) in [5.41, 5.74) is 2.08. The summed E-state index contributed by atoms with van der Waals surface area (Å²) in [4.78, 5) is 0. The molecule has 1 aliphatic heterocycles. The zero-order chi connectivity index (χ0) is 17.5. The predicted molar refractivity (Wildman–Crippen MR) is 100 cm³/mol. The molecule has 1 heterocycles. The van der Waals surface area contributed by atoms with Crippen LogP contribution in [0, 0.1) is 0 Å². The van der Waals surface area contributed by atoms with Crippen LogP contribution >= 0.6 is 0 Å². The van der Waals surface area contributed by atoms with E-state index in [9.17, 15) is 8.42 Å². The average molecular weight is 360 g/mol. The molecule has 1 unspecified atom stereocenters. The Morgan fingerprint density at radius 1 is 1.08 bits per heavy atom. The van der Waals surface area contributed by atoms with Gasteiger partial charge in [-0.25, -0.2) is 13.1 Å². The third-order valence-electron chi connectivity index (χ3n) is 4.33. The van der Waals surface area contributed by atoms with Crippen molar-refractivity contribution in [2.24, 2.45) is 0 Å². The molecule has 6 heteroatoms. The molecule has 0 aliphatic carbocycles. The molecule has 1 saturated heterocycles. The molecular weight excluding hydrogens is 336 g/mol. The van der Waals surface area contributed by atoms with Crippen LogP contribution in [-0.2, 0) is 10.0 Å². The van der Waals surface area contributed by atoms with Crippen LogP contribution < -0.4 is 14.8 Å². The van der Waals surface area contributed by atoms with Crippen LogP contribution in [0.3, 0.4) is 0 Å². The minimum atomic E-state index is -3.29. The number of benzene rings is 2. The van der Waals surface area contributed by atoms with E-state index in [0.29, 0.717) is 19.6 Å². The molecule has 0 amide bonds. The lowest BCUT2D eigenvalue weighted by molar-refractivity contribution is 0.323. The molecule has 0 saturated carbocycles. The molecule has 0 radical (unpaired) electrons. The van der Waals surface area contributed by atoms with Crippen LogP contribution in [0.1, 0.15) is 12.8 Å². The van der Waals surface area contributed by atoms with Crippen molar-refractivity contribution in [3.8, 4) is 16.9 Å². The molecule has 0 bridgehead atoms. The first-order chi connectivity index (χ1) is 12.2. The SMILES string of the molecule is O=S(=O)(NCCOc1ccccc1-c1ccccc1)C1CCCNC1. The molecular formula is C19H24N2O3S. The van der Waals surface area contributed by atoms with Gasteiger partial charge in [-0.05, 0) is 31.0 Å². The van der Waals surface area contributed by atoms with E-state index in [0.717, 1.165) is 29.8 Å². The highest BCUT2D eigenvalue weighted by atomic mass is 32.2. The number of para-hydroxylation sites is 1. The largest absolute Gasteiger partial charge is 0.492 e. The van der Waals surface area contributed by atoms with E-state index in [1.807, 2.05) is 54.6 Å². The second kappa shape index (κ2) is 8.47. The van der Waals surface area contributed by atoms with Crippen molar-refractivity contribution in [2.45, 2.75) is 18.1 Å². The zero-order valence-corrected chi connectivity index (χ0v) is 15.0. The summed E-state index contributed by atoms with van der Waals surface area (Å²) in [6, 6.07) is 17.8. The Morgan fingerprint density at radius 3 is 2.60 bits per heavy atom. The smallest absolute Gasteiger partial charge is 0.215 e. The first kappa shape index (κ1) is 17.9. The average Bonchev–Trinajstić information content (AvgIpc) is 2.67. The summed E-state index contributed by atoms with van der Waals surface area (Å²) >= 11 is 0. The molecule has 5 nitrogen and oxygen atoms in total. The molecule has 1 atom stereocenters. The second-order valence-corrected chi connectivity index (χ2v) is 8.16. The van der Waals surface area contributed by atoms with Gasteiger partial charge in [0, 0.05) is 18.7 Å².